The molecular formula is C15H19NOP+. The molecule has 94 valence electrons. The van der Waals surface area contributed by atoms with Crippen LogP contribution < -0.4 is 16.3 Å². The molecule has 3 heteroatoms. The van der Waals surface area contributed by atoms with Gasteiger partial charge in [0.15, 0.2) is 0 Å². The molecule has 2 aromatic rings. The van der Waals surface area contributed by atoms with Gasteiger partial charge in [0, 0.05) is 23.2 Å². The lowest BCUT2D eigenvalue weighted by Crippen LogP contribution is -2.50. The molecule has 0 radical (unpaired) electrons. The minimum absolute atomic E-state index is 0.699. The second-order valence-electron chi connectivity index (χ2n) is 4.34. The Morgan fingerprint density at radius 2 is 1.28 bits per heavy atom. The Morgan fingerprint density at radius 3 is 1.67 bits per heavy atom. The van der Waals surface area contributed by atoms with Crippen LogP contribution in [0.25, 0.3) is 0 Å². The molecule has 3 N–H and O–H groups in total. The summed E-state index contributed by atoms with van der Waals surface area (Å²) >= 11 is 0. The van der Waals surface area contributed by atoms with Crippen LogP contribution in [-0.4, -0.2) is 12.7 Å². The van der Waals surface area contributed by atoms with Crippen molar-refractivity contribution >= 4 is 17.8 Å². The molecule has 0 atom stereocenters. The van der Waals surface area contributed by atoms with Crippen molar-refractivity contribution in [3.05, 3.63) is 60.7 Å². The molecule has 0 fully saturated rings. The van der Waals surface area contributed by atoms with Crippen molar-refractivity contribution in [1.29, 1.82) is 0 Å². The summed E-state index contributed by atoms with van der Waals surface area (Å²) in [6.07, 6.45) is 1.59. The molecule has 0 aliphatic carbocycles. The molecule has 0 saturated heterocycles. The quantitative estimate of drug-likeness (QED) is 0.816. The molecule has 0 spiro atoms. The van der Waals surface area contributed by atoms with Gasteiger partial charge in [-0.15, -0.1) is 0 Å². The van der Waals surface area contributed by atoms with Crippen LogP contribution in [0, 0.1) is 0 Å². The van der Waals surface area contributed by atoms with Gasteiger partial charge in [0.1, 0.15) is 7.14 Å². The van der Waals surface area contributed by atoms with Crippen LogP contribution in [0.2, 0.25) is 0 Å². The molecule has 0 heterocycles. The fraction of sp³-hybridized carbons (Fsp3) is 0.200. The van der Waals surface area contributed by atoms with Crippen LogP contribution in [0.4, 0.5) is 0 Å². The van der Waals surface area contributed by atoms with Crippen LogP contribution in [-0.2, 0) is 4.57 Å². The summed E-state index contributed by atoms with van der Waals surface area (Å²) in [4.78, 5) is 0. The first-order valence-corrected chi connectivity index (χ1v) is 8.16. The zero-order chi connectivity index (χ0) is 12.8. The Morgan fingerprint density at radius 1 is 0.833 bits per heavy atom. The largest absolute Gasteiger partial charge is 0.358 e. The van der Waals surface area contributed by atoms with E-state index < -0.39 is 7.14 Å². The minimum atomic E-state index is -2.48. The molecule has 18 heavy (non-hydrogen) atoms. The fourth-order valence-electron chi connectivity index (χ4n) is 2.08. The average Bonchev–Trinajstić information content (AvgIpc) is 2.46. The number of rotatable bonds is 5. The normalized spacial score (nSPS) is 11.4. The molecule has 2 aromatic carbocycles. The fourth-order valence-corrected chi connectivity index (χ4v) is 4.87. The predicted molar refractivity (Wildman–Crippen MR) is 77.0 cm³/mol. The Labute approximate surface area is 108 Å². The van der Waals surface area contributed by atoms with Gasteiger partial charge in [-0.25, -0.2) is 0 Å². The van der Waals surface area contributed by atoms with Gasteiger partial charge in [0.2, 0.25) is 0 Å². The predicted octanol–water partition coefficient (Wildman–Crippen LogP) is 1.63. The average molecular weight is 260 g/mol. The summed E-state index contributed by atoms with van der Waals surface area (Å²) in [5.74, 6) is 0. The lowest BCUT2D eigenvalue weighted by molar-refractivity contribution is -0.367. The molecule has 0 aromatic heterocycles. The zero-order valence-corrected chi connectivity index (χ0v) is 11.4. The van der Waals surface area contributed by atoms with E-state index in [4.69, 9.17) is 0 Å². The maximum absolute atomic E-state index is 13.3. The van der Waals surface area contributed by atoms with Crippen molar-refractivity contribution in [2.45, 2.75) is 6.42 Å². The van der Waals surface area contributed by atoms with E-state index in [-0.39, 0.29) is 0 Å². The summed E-state index contributed by atoms with van der Waals surface area (Å²) in [7, 11) is -2.48. The first kappa shape index (κ1) is 13.1. The summed E-state index contributed by atoms with van der Waals surface area (Å²) in [5.41, 5.74) is 3.85. The first-order chi connectivity index (χ1) is 8.77. The van der Waals surface area contributed by atoms with E-state index in [1.807, 2.05) is 60.7 Å². The number of hydrogen-bond acceptors (Lipinski definition) is 1. The number of benzene rings is 2. The first-order valence-electron chi connectivity index (χ1n) is 6.27. The van der Waals surface area contributed by atoms with E-state index in [0.717, 1.165) is 23.6 Å². The molecular weight excluding hydrogens is 241 g/mol. The molecule has 0 saturated carbocycles. The highest BCUT2D eigenvalue weighted by Gasteiger charge is 2.26. The molecule has 0 amide bonds. The van der Waals surface area contributed by atoms with Gasteiger partial charge >= 0.3 is 0 Å². The highest BCUT2D eigenvalue weighted by molar-refractivity contribution is 7.78. The van der Waals surface area contributed by atoms with Crippen molar-refractivity contribution in [2.75, 3.05) is 12.7 Å². The third-order valence-electron chi connectivity index (χ3n) is 3.07. The summed E-state index contributed by atoms with van der Waals surface area (Å²) < 4.78 is 13.3. The maximum Gasteiger partial charge on any atom is 0.143 e. The number of quaternary nitrogens is 1. The molecule has 2 nitrogen and oxygen atoms in total. The summed E-state index contributed by atoms with van der Waals surface area (Å²) in [6.45, 7) is 0.823. The van der Waals surface area contributed by atoms with Crippen LogP contribution in [0.15, 0.2) is 60.7 Å². The van der Waals surface area contributed by atoms with Crippen LogP contribution in [0.1, 0.15) is 6.42 Å². The Kier molecular flexibility index (Phi) is 4.35. The van der Waals surface area contributed by atoms with Gasteiger partial charge in [-0.3, -0.25) is 0 Å². The van der Waals surface area contributed by atoms with E-state index in [1.165, 1.54) is 0 Å². The van der Waals surface area contributed by atoms with Gasteiger partial charge in [-0.2, -0.15) is 0 Å². The van der Waals surface area contributed by atoms with Gasteiger partial charge in [0.05, 0.1) is 6.54 Å². The smallest absolute Gasteiger partial charge is 0.143 e. The Hall–Kier alpha value is -1.37. The molecule has 0 bridgehead atoms. The second-order valence-corrected chi connectivity index (χ2v) is 7.30. The van der Waals surface area contributed by atoms with Crippen molar-refractivity contribution in [3.8, 4) is 0 Å². The summed E-state index contributed by atoms with van der Waals surface area (Å²) in [6, 6.07) is 19.6. The monoisotopic (exact) mass is 260 g/mol. The molecule has 0 aliphatic rings. The standard InChI is InChI=1S/C15H18NOP/c16-12-7-13-18(17,14-8-3-1-4-9-14)15-10-5-2-6-11-15/h1-6,8-11H,7,12-13,16H2/p+1. The van der Waals surface area contributed by atoms with Crippen molar-refractivity contribution in [3.63, 3.8) is 0 Å². The van der Waals surface area contributed by atoms with E-state index in [2.05, 4.69) is 5.73 Å². The highest BCUT2D eigenvalue weighted by atomic mass is 31.2. The maximum atomic E-state index is 13.3. The SMILES string of the molecule is [NH3+]CCCP(=O)(c1ccccc1)c1ccccc1. The van der Waals surface area contributed by atoms with E-state index in [9.17, 15) is 4.57 Å². The van der Waals surface area contributed by atoms with Crippen LogP contribution in [0.3, 0.4) is 0 Å². The van der Waals surface area contributed by atoms with Crippen LogP contribution >= 0.6 is 7.14 Å². The Balaban J connectivity index is 2.45. The third-order valence-corrected chi connectivity index (χ3v) is 6.28. The van der Waals surface area contributed by atoms with E-state index >= 15 is 0 Å². The second kappa shape index (κ2) is 5.99. The summed E-state index contributed by atoms with van der Waals surface area (Å²) in [5, 5.41) is 1.90. The van der Waals surface area contributed by atoms with Crippen LogP contribution in [0.5, 0.6) is 0 Å². The third kappa shape index (κ3) is 2.72. The zero-order valence-electron chi connectivity index (χ0n) is 10.5. The van der Waals surface area contributed by atoms with Crippen molar-refractivity contribution < 1.29 is 10.3 Å². The Bertz CT molecular complexity index is 481. The minimum Gasteiger partial charge on any atom is -0.358 e. The van der Waals surface area contributed by atoms with Gasteiger partial charge in [-0.05, 0) is 0 Å². The lowest BCUT2D eigenvalue weighted by Gasteiger charge is -2.18. The number of hydrogen-bond donors (Lipinski definition) is 1. The van der Waals surface area contributed by atoms with E-state index in [0.29, 0.717) is 6.16 Å². The van der Waals surface area contributed by atoms with Gasteiger partial charge in [0.25, 0.3) is 0 Å². The van der Waals surface area contributed by atoms with Gasteiger partial charge < -0.3 is 10.3 Å². The van der Waals surface area contributed by atoms with Gasteiger partial charge in [-0.1, -0.05) is 60.7 Å². The topological polar surface area (TPSA) is 44.7 Å². The highest BCUT2D eigenvalue weighted by Crippen LogP contribution is 2.43. The van der Waals surface area contributed by atoms with Crippen molar-refractivity contribution in [1.82, 2.24) is 0 Å². The van der Waals surface area contributed by atoms with E-state index in [1.54, 1.807) is 0 Å². The molecule has 0 unspecified atom stereocenters. The lowest BCUT2D eigenvalue weighted by atomic mass is 10.4. The molecule has 0 aliphatic heterocycles. The molecule has 2 rings (SSSR count). The van der Waals surface area contributed by atoms with Crippen molar-refractivity contribution in [2.24, 2.45) is 0 Å².